The van der Waals surface area contributed by atoms with Crippen molar-refractivity contribution in [1.29, 1.82) is 0 Å². The fourth-order valence-electron chi connectivity index (χ4n) is 0.957. The molecule has 0 N–H and O–H groups in total. The molecule has 66 valence electrons. The van der Waals surface area contributed by atoms with E-state index in [1.807, 2.05) is 18.2 Å². The number of hydrogen-bond donors (Lipinski definition) is 0. The van der Waals surface area contributed by atoms with Crippen LogP contribution in [0.1, 0.15) is 0 Å². The Morgan fingerprint density at radius 3 is 2.54 bits per heavy atom. The lowest BCUT2D eigenvalue weighted by molar-refractivity contribution is 1.33. The van der Waals surface area contributed by atoms with Gasteiger partial charge in [-0.3, -0.25) is 0 Å². The van der Waals surface area contributed by atoms with E-state index in [0.29, 0.717) is 15.3 Å². The summed E-state index contributed by atoms with van der Waals surface area (Å²) in [6.45, 7) is 0. The third-order valence-electron chi connectivity index (χ3n) is 1.52. The van der Waals surface area contributed by atoms with Gasteiger partial charge in [0.1, 0.15) is 0 Å². The topological polar surface area (TPSA) is 25.8 Å². The predicted octanol–water partition coefficient (Wildman–Crippen LogP) is 3.51. The van der Waals surface area contributed by atoms with Crippen molar-refractivity contribution < 1.29 is 0 Å². The lowest BCUT2D eigenvalue weighted by Crippen LogP contribution is -1.80. The van der Waals surface area contributed by atoms with Gasteiger partial charge in [-0.05, 0) is 35.3 Å². The van der Waals surface area contributed by atoms with Crippen LogP contribution in [0.4, 0.5) is 0 Å². The second kappa shape index (κ2) is 3.62. The predicted molar refractivity (Wildman–Crippen MR) is 55.4 cm³/mol. The van der Waals surface area contributed by atoms with Gasteiger partial charge >= 0.3 is 0 Å². The molecule has 1 heterocycles. The Bertz CT molecular complexity index is 428. The summed E-state index contributed by atoms with van der Waals surface area (Å²) in [7, 11) is 0. The average Bonchev–Trinajstić information content (AvgIpc) is 2.53. The molecule has 0 spiro atoms. The summed E-state index contributed by atoms with van der Waals surface area (Å²) < 4.78 is 4.49. The number of hydrogen-bond acceptors (Lipinski definition) is 3. The molecule has 0 saturated carbocycles. The number of rotatable bonds is 1. The standard InChI is InChI=1S/C8H4Cl2N2S/c9-6-4-2-1-3-5(6)7-11-8(10)13-12-7/h1-4H. The summed E-state index contributed by atoms with van der Waals surface area (Å²) in [6, 6.07) is 7.41. The highest BCUT2D eigenvalue weighted by molar-refractivity contribution is 7.10. The van der Waals surface area contributed by atoms with Gasteiger partial charge in [0, 0.05) is 5.56 Å². The lowest BCUT2D eigenvalue weighted by atomic mass is 10.2. The van der Waals surface area contributed by atoms with Gasteiger partial charge in [-0.2, -0.15) is 4.37 Å². The first-order valence-corrected chi connectivity index (χ1v) is 5.04. The lowest BCUT2D eigenvalue weighted by Gasteiger charge is -1.96. The summed E-state index contributed by atoms with van der Waals surface area (Å²) in [5.41, 5.74) is 0.812. The molecule has 0 aliphatic carbocycles. The highest BCUT2D eigenvalue weighted by atomic mass is 35.5. The molecule has 0 unspecified atom stereocenters. The van der Waals surface area contributed by atoms with E-state index in [1.54, 1.807) is 6.07 Å². The minimum Gasteiger partial charge on any atom is -0.203 e. The van der Waals surface area contributed by atoms with Gasteiger partial charge in [-0.25, -0.2) is 4.98 Å². The van der Waals surface area contributed by atoms with E-state index in [2.05, 4.69) is 9.36 Å². The van der Waals surface area contributed by atoms with E-state index >= 15 is 0 Å². The second-order valence-corrected chi connectivity index (χ2v) is 4.09. The van der Waals surface area contributed by atoms with Crippen LogP contribution in [0.2, 0.25) is 9.49 Å². The summed E-state index contributed by atoms with van der Waals surface area (Å²) in [5, 5.41) is 0.636. The highest BCUT2D eigenvalue weighted by Gasteiger charge is 2.07. The molecule has 2 aromatic rings. The van der Waals surface area contributed by atoms with Crippen LogP contribution in [-0.4, -0.2) is 9.36 Å². The molecule has 2 rings (SSSR count). The Kier molecular flexibility index (Phi) is 2.49. The summed E-state index contributed by atoms with van der Waals surface area (Å²) in [4.78, 5) is 4.03. The Hall–Kier alpha value is -0.640. The van der Waals surface area contributed by atoms with Gasteiger partial charge in [0.05, 0.1) is 5.02 Å². The zero-order valence-electron chi connectivity index (χ0n) is 6.37. The molecule has 13 heavy (non-hydrogen) atoms. The van der Waals surface area contributed by atoms with Crippen molar-refractivity contribution in [2.75, 3.05) is 0 Å². The molecular formula is C8H4Cl2N2S. The summed E-state index contributed by atoms with van der Waals surface area (Å²) in [6.07, 6.45) is 0. The molecule has 5 heteroatoms. The van der Waals surface area contributed by atoms with Crippen molar-refractivity contribution in [1.82, 2.24) is 9.36 Å². The van der Waals surface area contributed by atoms with Crippen molar-refractivity contribution in [3.63, 3.8) is 0 Å². The van der Waals surface area contributed by atoms with Crippen LogP contribution >= 0.6 is 34.7 Å². The van der Waals surface area contributed by atoms with Crippen LogP contribution in [0.15, 0.2) is 24.3 Å². The maximum absolute atomic E-state index is 5.95. The average molecular weight is 231 g/mol. The van der Waals surface area contributed by atoms with E-state index in [9.17, 15) is 0 Å². The smallest absolute Gasteiger partial charge is 0.203 e. The van der Waals surface area contributed by atoms with Crippen LogP contribution in [0.3, 0.4) is 0 Å². The van der Waals surface area contributed by atoms with Crippen LogP contribution in [-0.2, 0) is 0 Å². The van der Waals surface area contributed by atoms with Gasteiger partial charge in [-0.1, -0.05) is 23.7 Å². The number of benzene rings is 1. The Morgan fingerprint density at radius 2 is 1.92 bits per heavy atom. The zero-order valence-corrected chi connectivity index (χ0v) is 8.70. The monoisotopic (exact) mass is 230 g/mol. The van der Waals surface area contributed by atoms with Crippen LogP contribution < -0.4 is 0 Å². The zero-order chi connectivity index (χ0) is 9.26. The molecule has 0 amide bonds. The minimum absolute atomic E-state index is 0.426. The number of nitrogens with zero attached hydrogens (tertiary/aromatic N) is 2. The second-order valence-electron chi connectivity index (χ2n) is 2.35. The van der Waals surface area contributed by atoms with Crippen molar-refractivity contribution in [2.45, 2.75) is 0 Å². The minimum atomic E-state index is 0.426. The molecule has 1 aromatic carbocycles. The van der Waals surface area contributed by atoms with Gasteiger partial charge in [0.2, 0.25) is 4.47 Å². The Labute approximate surface area is 89.3 Å². The molecule has 0 aliphatic heterocycles. The molecule has 1 aromatic heterocycles. The molecule has 0 radical (unpaired) electrons. The van der Waals surface area contributed by atoms with Crippen molar-refractivity contribution in [3.8, 4) is 11.4 Å². The molecule has 0 bridgehead atoms. The van der Waals surface area contributed by atoms with Gasteiger partial charge in [0.25, 0.3) is 0 Å². The normalized spacial score (nSPS) is 10.3. The summed E-state index contributed by atoms with van der Waals surface area (Å²) >= 11 is 12.8. The third-order valence-corrected chi connectivity index (χ3v) is 2.64. The number of halogens is 2. The first kappa shape index (κ1) is 8.94. The van der Waals surface area contributed by atoms with E-state index in [1.165, 1.54) is 0 Å². The maximum atomic E-state index is 5.95. The fourth-order valence-corrected chi connectivity index (χ4v) is 1.79. The Balaban J connectivity index is 2.52. The third kappa shape index (κ3) is 1.82. The van der Waals surface area contributed by atoms with E-state index in [0.717, 1.165) is 17.1 Å². The quantitative estimate of drug-likeness (QED) is 0.750. The van der Waals surface area contributed by atoms with Crippen molar-refractivity contribution in [3.05, 3.63) is 33.8 Å². The van der Waals surface area contributed by atoms with Gasteiger partial charge in [-0.15, -0.1) is 0 Å². The van der Waals surface area contributed by atoms with Crippen LogP contribution in [0, 0.1) is 0 Å². The maximum Gasteiger partial charge on any atom is 0.203 e. The largest absolute Gasteiger partial charge is 0.203 e. The highest BCUT2D eigenvalue weighted by Crippen LogP contribution is 2.27. The SMILES string of the molecule is Clc1nc(-c2ccccc2Cl)ns1. The van der Waals surface area contributed by atoms with E-state index in [-0.39, 0.29) is 0 Å². The Morgan fingerprint density at radius 1 is 1.15 bits per heavy atom. The van der Waals surface area contributed by atoms with Crippen LogP contribution in [0.25, 0.3) is 11.4 Å². The van der Waals surface area contributed by atoms with Gasteiger partial charge < -0.3 is 0 Å². The molecule has 0 saturated heterocycles. The molecule has 0 fully saturated rings. The first-order valence-electron chi connectivity index (χ1n) is 3.51. The fraction of sp³-hybridized carbons (Fsp3) is 0. The van der Waals surface area contributed by atoms with E-state index < -0.39 is 0 Å². The van der Waals surface area contributed by atoms with Gasteiger partial charge in [0.15, 0.2) is 5.82 Å². The number of aromatic nitrogens is 2. The molecule has 0 atom stereocenters. The summed E-state index contributed by atoms with van der Waals surface area (Å²) in [5.74, 6) is 0.584. The van der Waals surface area contributed by atoms with E-state index in [4.69, 9.17) is 23.2 Å². The van der Waals surface area contributed by atoms with Crippen molar-refractivity contribution >= 4 is 34.7 Å². The van der Waals surface area contributed by atoms with Crippen LogP contribution in [0.5, 0.6) is 0 Å². The first-order chi connectivity index (χ1) is 6.27. The molecular weight excluding hydrogens is 227 g/mol. The van der Waals surface area contributed by atoms with Crippen molar-refractivity contribution in [2.24, 2.45) is 0 Å². The molecule has 0 aliphatic rings. The molecule has 2 nitrogen and oxygen atoms in total.